The molecule has 0 aliphatic rings. The van der Waals surface area contributed by atoms with E-state index in [0.717, 1.165) is 17.4 Å². The number of aryl methyl sites for hydroxylation is 2. The van der Waals surface area contributed by atoms with E-state index in [9.17, 15) is 16.8 Å². The maximum atomic E-state index is 12.9. The van der Waals surface area contributed by atoms with E-state index in [2.05, 4.69) is 0 Å². The minimum absolute atomic E-state index is 0.0975. The fourth-order valence-electron chi connectivity index (χ4n) is 2.09. The highest BCUT2D eigenvalue weighted by Crippen LogP contribution is 2.29. The van der Waals surface area contributed by atoms with Gasteiger partial charge in [-0.05, 0) is 45.0 Å². The van der Waals surface area contributed by atoms with Gasteiger partial charge in [0.1, 0.15) is 6.26 Å². The predicted molar refractivity (Wildman–Crippen MR) is 96.4 cm³/mol. The van der Waals surface area contributed by atoms with E-state index in [1.807, 2.05) is 13.8 Å². The average molecular weight is 380 g/mol. The van der Waals surface area contributed by atoms with Crippen molar-refractivity contribution >= 4 is 19.7 Å². The van der Waals surface area contributed by atoms with E-state index in [0.29, 0.717) is 0 Å². The van der Waals surface area contributed by atoms with Crippen LogP contribution in [0.4, 0.5) is 0 Å². The molecule has 0 unspecified atom stereocenters. The normalized spacial score (nSPS) is 11.8. The van der Waals surface area contributed by atoms with Crippen LogP contribution >= 0.6 is 0 Å². The van der Waals surface area contributed by atoms with Crippen LogP contribution in [-0.4, -0.2) is 23.4 Å². The second-order valence-electron chi connectivity index (χ2n) is 5.53. The molecular formula is C18H20O5S2. The van der Waals surface area contributed by atoms with Crippen LogP contribution < -0.4 is 0 Å². The van der Waals surface area contributed by atoms with E-state index in [1.165, 1.54) is 24.3 Å². The lowest BCUT2D eigenvalue weighted by molar-refractivity contribution is 0.269. The molecule has 0 aliphatic heterocycles. The van der Waals surface area contributed by atoms with E-state index < -0.39 is 23.9 Å². The smallest absolute Gasteiger partial charge is 0.221 e. The van der Waals surface area contributed by atoms with E-state index in [1.54, 1.807) is 31.2 Å². The Morgan fingerprint density at radius 1 is 0.800 bits per heavy atom. The lowest BCUT2D eigenvalue weighted by Crippen LogP contribution is -2.16. The monoisotopic (exact) mass is 380 g/mol. The van der Waals surface area contributed by atoms with Gasteiger partial charge >= 0.3 is 0 Å². The Morgan fingerprint density at radius 2 is 1.16 bits per heavy atom. The third kappa shape index (κ3) is 4.11. The zero-order valence-corrected chi connectivity index (χ0v) is 15.9. The lowest BCUT2D eigenvalue weighted by Gasteiger charge is -2.11. The van der Waals surface area contributed by atoms with Crippen molar-refractivity contribution in [3.63, 3.8) is 0 Å². The Hall–Kier alpha value is -2.12. The summed E-state index contributed by atoms with van der Waals surface area (Å²) in [5.74, 6) is 0. The minimum Gasteiger partial charge on any atom is -0.499 e. The summed E-state index contributed by atoms with van der Waals surface area (Å²) in [5, 5.41) is 0. The molecule has 0 heterocycles. The molecule has 2 aromatic rings. The summed E-state index contributed by atoms with van der Waals surface area (Å²) >= 11 is 0. The van der Waals surface area contributed by atoms with Crippen LogP contribution in [0.1, 0.15) is 18.1 Å². The highest BCUT2D eigenvalue weighted by atomic mass is 32.3. The second-order valence-corrected chi connectivity index (χ2v) is 9.62. The molecule has 0 saturated heterocycles. The first-order valence-electron chi connectivity index (χ1n) is 7.65. The first kappa shape index (κ1) is 19.2. The minimum atomic E-state index is -4.26. The molecule has 0 N–H and O–H groups in total. The third-order valence-electron chi connectivity index (χ3n) is 3.54. The van der Waals surface area contributed by atoms with Gasteiger partial charge in [0, 0.05) is 0 Å². The Bertz CT molecular complexity index is 891. The van der Waals surface area contributed by atoms with Gasteiger partial charge in [-0.3, -0.25) is 0 Å². The van der Waals surface area contributed by atoms with Gasteiger partial charge in [-0.2, -0.15) is 0 Å². The molecule has 0 spiro atoms. The number of hydrogen-bond acceptors (Lipinski definition) is 5. The van der Waals surface area contributed by atoms with Gasteiger partial charge in [0.25, 0.3) is 0 Å². The number of sulfone groups is 2. The molecule has 0 fully saturated rings. The molecule has 25 heavy (non-hydrogen) atoms. The van der Waals surface area contributed by atoms with Crippen LogP contribution in [0.2, 0.25) is 0 Å². The van der Waals surface area contributed by atoms with Crippen molar-refractivity contribution in [2.24, 2.45) is 0 Å². The van der Waals surface area contributed by atoms with Crippen molar-refractivity contribution in [2.75, 3.05) is 6.61 Å². The summed E-state index contributed by atoms with van der Waals surface area (Å²) in [7, 11) is -8.52. The highest BCUT2D eigenvalue weighted by molar-refractivity contribution is 8.14. The Balaban J connectivity index is 2.63. The van der Waals surface area contributed by atoms with Crippen LogP contribution in [0.5, 0.6) is 0 Å². The van der Waals surface area contributed by atoms with E-state index in [-0.39, 0.29) is 16.4 Å². The molecule has 5 nitrogen and oxygen atoms in total. The zero-order valence-electron chi connectivity index (χ0n) is 14.3. The summed E-state index contributed by atoms with van der Waals surface area (Å²) in [6, 6.07) is 12.0. The van der Waals surface area contributed by atoms with E-state index in [4.69, 9.17) is 4.74 Å². The summed E-state index contributed by atoms with van der Waals surface area (Å²) < 4.78 is 55.9. The van der Waals surface area contributed by atoms with Crippen LogP contribution in [-0.2, 0) is 24.4 Å². The van der Waals surface area contributed by atoms with Crippen LogP contribution in [0, 0.1) is 13.8 Å². The molecule has 0 atom stereocenters. The molecule has 0 radical (unpaired) electrons. The molecule has 7 heteroatoms. The maximum absolute atomic E-state index is 12.9. The molecule has 0 bridgehead atoms. The average Bonchev–Trinajstić information content (AvgIpc) is 2.55. The number of hydrogen-bond donors (Lipinski definition) is 0. The van der Waals surface area contributed by atoms with Gasteiger partial charge in [0.2, 0.25) is 23.9 Å². The molecule has 0 amide bonds. The summed E-state index contributed by atoms with van der Waals surface area (Å²) in [4.78, 5) is -0.195. The van der Waals surface area contributed by atoms with Crippen LogP contribution in [0.15, 0.2) is 68.8 Å². The van der Waals surface area contributed by atoms with Gasteiger partial charge < -0.3 is 4.74 Å². The SMILES string of the molecule is CCOC=C(S(=O)(=O)c1ccc(C)cc1)S(=O)(=O)c1ccc(C)cc1. The fourth-order valence-corrected chi connectivity index (χ4v) is 5.67. The quantitative estimate of drug-likeness (QED) is 0.718. The molecular weight excluding hydrogens is 360 g/mol. The van der Waals surface area contributed by atoms with Crippen molar-refractivity contribution in [2.45, 2.75) is 30.6 Å². The summed E-state index contributed by atoms with van der Waals surface area (Å²) in [6.07, 6.45) is 0.810. The Kier molecular flexibility index (Phi) is 5.69. The van der Waals surface area contributed by atoms with Crippen molar-refractivity contribution in [1.29, 1.82) is 0 Å². The molecule has 2 aromatic carbocycles. The van der Waals surface area contributed by atoms with Crippen molar-refractivity contribution < 1.29 is 21.6 Å². The summed E-state index contributed by atoms with van der Waals surface area (Å²) in [5.41, 5.74) is 1.74. The summed E-state index contributed by atoms with van der Waals surface area (Å²) in [6.45, 7) is 5.42. The fraction of sp³-hybridized carbons (Fsp3) is 0.222. The second kappa shape index (κ2) is 7.41. The number of ether oxygens (including phenoxy) is 1. The number of benzene rings is 2. The van der Waals surface area contributed by atoms with Gasteiger partial charge in [0.05, 0.1) is 16.4 Å². The third-order valence-corrected chi connectivity index (χ3v) is 7.89. The first-order valence-corrected chi connectivity index (χ1v) is 10.6. The molecule has 0 saturated carbocycles. The Morgan fingerprint density at radius 3 is 1.48 bits per heavy atom. The molecule has 134 valence electrons. The van der Waals surface area contributed by atoms with Gasteiger partial charge in [0.15, 0.2) is 0 Å². The topological polar surface area (TPSA) is 77.5 Å². The first-order chi connectivity index (χ1) is 11.7. The van der Waals surface area contributed by atoms with Gasteiger partial charge in [-0.25, -0.2) is 16.8 Å². The standard InChI is InChI=1S/C18H20O5S2/c1-4-23-13-18(24(19,20)16-9-5-14(2)6-10-16)25(21,22)17-11-7-15(3)8-12-17/h5-13H,4H2,1-3H3. The van der Waals surface area contributed by atoms with Crippen molar-refractivity contribution in [3.8, 4) is 0 Å². The van der Waals surface area contributed by atoms with Gasteiger partial charge in [-0.15, -0.1) is 0 Å². The highest BCUT2D eigenvalue weighted by Gasteiger charge is 2.34. The molecule has 0 aliphatic carbocycles. The molecule has 2 rings (SSSR count). The Labute approximate surface area is 148 Å². The molecule has 0 aromatic heterocycles. The van der Waals surface area contributed by atoms with E-state index >= 15 is 0 Å². The van der Waals surface area contributed by atoms with Crippen LogP contribution in [0.25, 0.3) is 0 Å². The van der Waals surface area contributed by atoms with Crippen molar-refractivity contribution in [1.82, 2.24) is 0 Å². The zero-order chi connectivity index (χ0) is 18.7. The van der Waals surface area contributed by atoms with Gasteiger partial charge in [-0.1, -0.05) is 35.4 Å². The van der Waals surface area contributed by atoms with Crippen LogP contribution in [0.3, 0.4) is 0 Å². The maximum Gasteiger partial charge on any atom is 0.221 e. The van der Waals surface area contributed by atoms with Crippen molar-refractivity contribution in [3.05, 3.63) is 70.2 Å². The number of rotatable bonds is 6. The predicted octanol–water partition coefficient (Wildman–Crippen LogP) is 3.39. The largest absolute Gasteiger partial charge is 0.499 e. The lowest BCUT2D eigenvalue weighted by atomic mass is 10.2.